The van der Waals surface area contributed by atoms with Crippen LogP contribution in [0.5, 0.6) is 0 Å². The Morgan fingerprint density at radius 1 is 0.971 bits per heavy atom. The van der Waals surface area contributed by atoms with Crippen LogP contribution in [0.1, 0.15) is 5.56 Å². The molecule has 1 saturated heterocycles. The van der Waals surface area contributed by atoms with Gasteiger partial charge in [0.2, 0.25) is 5.95 Å². The van der Waals surface area contributed by atoms with Gasteiger partial charge in [0.05, 0.1) is 5.69 Å². The fourth-order valence-corrected chi connectivity index (χ4v) is 4.33. The molecule has 3 heterocycles. The molecule has 1 aliphatic heterocycles. The number of hydrogen-bond donors (Lipinski definition) is 1. The number of rotatable bonds is 6. The van der Waals surface area contributed by atoms with E-state index in [0.29, 0.717) is 11.0 Å². The number of hydrogen-bond acceptors (Lipinski definition) is 6. The first-order chi connectivity index (χ1) is 16.5. The number of anilines is 2. The summed E-state index contributed by atoms with van der Waals surface area (Å²) in [6, 6.07) is 18.1. The van der Waals surface area contributed by atoms with Crippen molar-refractivity contribution in [3.63, 3.8) is 0 Å². The molecular formula is C26H28ClN7. The highest BCUT2D eigenvalue weighted by Gasteiger charge is 2.16. The fraction of sp³-hybridized carbons (Fsp3) is 0.269. The summed E-state index contributed by atoms with van der Waals surface area (Å²) in [6.45, 7) is 5.38. The van der Waals surface area contributed by atoms with Gasteiger partial charge in [-0.1, -0.05) is 35.9 Å². The molecule has 2 aromatic carbocycles. The summed E-state index contributed by atoms with van der Waals surface area (Å²) in [5.41, 5.74) is 5.86. The molecule has 0 saturated carbocycles. The lowest BCUT2D eigenvalue weighted by atomic mass is 10.1. The van der Waals surface area contributed by atoms with Crippen molar-refractivity contribution in [3.05, 3.63) is 77.6 Å². The average molecular weight is 474 g/mol. The number of benzene rings is 2. The number of nitrogens with one attached hydrogen (secondary N) is 1. The molecule has 7 nitrogen and oxygen atoms in total. The summed E-state index contributed by atoms with van der Waals surface area (Å²) in [6.07, 6.45) is 3.75. The van der Waals surface area contributed by atoms with Crippen molar-refractivity contribution in [2.75, 3.05) is 38.5 Å². The van der Waals surface area contributed by atoms with Gasteiger partial charge in [0.15, 0.2) is 0 Å². The summed E-state index contributed by atoms with van der Waals surface area (Å²) >= 11 is 6.07. The predicted molar refractivity (Wildman–Crippen MR) is 137 cm³/mol. The minimum absolute atomic E-state index is 0.556. The second-order valence-electron chi connectivity index (χ2n) is 8.74. The van der Waals surface area contributed by atoms with E-state index in [1.165, 1.54) is 5.56 Å². The molecule has 0 spiro atoms. The Bertz CT molecular complexity index is 1260. The van der Waals surface area contributed by atoms with Crippen LogP contribution in [-0.4, -0.2) is 62.8 Å². The molecule has 0 atom stereocenters. The Morgan fingerprint density at radius 3 is 2.56 bits per heavy atom. The van der Waals surface area contributed by atoms with Crippen molar-refractivity contribution < 1.29 is 0 Å². The van der Waals surface area contributed by atoms with Crippen molar-refractivity contribution in [1.82, 2.24) is 29.5 Å². The van der Waals surface area contributed by atoms with Crippen LogP contribution < -0.4 is 5.32 Å². The summed E-state index contributed by atoms with van der Waals surface area (Å²) in [4.78, 5) is 14.1. The Morgan fingerprint density at radius 2 is 1.76 bits per heavy atom. The normalized spacial score (nSPS) is 14.9. The third-order valence-electron chi connectivity index (χ3n) is 6.06. The molecule has 1 aliphatic rings. The van der Waals surface area contributed by atoms with E-state index in [0.717, 1.165) is 60.9 Å². The third kappa shape index (κ3) is 5.28. The van der Waals surface area contributed by atoms with Gasteiger partial charge >= 0.3 is 0 Å². The van der Waals surface area contributed by atoms with Crippen LogP contribution in [0.3, 0.4) is 0 Å². The molecule has 1 N–H and O–H groups in total. The van der Waals surface area contributed by atoms with E-state index in [9.17, 15) is 0 Å². The molecule has 0 unspecified atom stereocenters. The zero-order valence-corrected chi connectivity index (χ0v) is 20.2. The SMILES string of the molecule is CN1CCN(Cc2cccc(Nc3nccc(-c4cn(C)nc4-c4ccc(Cl)cc4)n3)c2)CC1. The van der Waals surface area contributed by atoms with Gasteiger partial charge in [0, 0.05) is 74.0 Å². The molecule has 5 rings (SSSR count). The molecule has 0 aliphatic carbocycles. The number of nitrogens with zero attached hydrogens (tertiary/aromatic N) is 6. The van der Waals surface area contributed by atoms with E-state index in [2.05, 4.69) is 50.4 Å². The maximum Gasteiger partial charge on any atom is 0.227 e. The fourth-order valence-electron chi connectivity index (χ4n) is 4.21. The van der Waals surface area contributed by atoms with Gasteiger partial charge in [-0.3, -0.25) is 9.58 Å². The van der Waals surface area contributed by atoms with E-state index < -0.39 is 0 Å². The van der Waals surface area contributed by atoms with E-state index in [1.54, 1.807) is 10.9 Å². The molecule has 1 fully saturated rings. The molecular weight excluding hydrogens is 446 g/mol. The standard InChI is InChI=1S/C26H28ClN7/c1-32-12-14-34(15-13-32)17-19-4-3-5-22(16-19)29-26-28-11-10-24(30-26)23-18-33(2)31-25(23)20-6-8-21(27)9-7-20/h3-11,16,18H,12-15,17H2,1-2H3,(H,28,29,30). The molecule has 2 aromatic heterocycles. The lowest BCUT2D eigenvalue weighted by Crippen LogP contribution is -2.43. The van der Waals surface area contributed by atoms with E-state index in [4.69, 9.17) is 16.6 Å². The maximum absolute atomic E-state index is 6.07. The zero-order valence-electron chi connectivity index (χ0n) is 19.4. The Balaban J connectivity index is 1.35. The van der Waals surface area contributed by atoms with E-state index >= 15 is 0 Å². The van der Waals surface area contributed by atoms with E-state index in [1.807, 2.05) is 49.6 Å². The highest BCUT2D eigenvalue weighted by molar-refractivity contribution is 6.30. The lowest BCUT2D eigenvalue weighted by Gasteiger charge is -2.32. The average Bonchev–Trinajstić information content (AvgIpc) is 3.23. The number of halogens is 1. The molecule has 0 bridgehead atoms. The van der Waals surface area contributed by atoms with Crippen molar-refractivity contribution >= 4 is 23.2 Å². The summed E-state index contributed by atoms with van der Waals surface area (Å²) in [7, 11) is 4.09. The topological polar surface area (TPSA) is 62.1 Å². The van der Waals surface area contributed by atoms with Crippen LogP contribution in [0.15, 0.2) is 67.0 Å². The predicted octanol–water partition coefficient (Wildman–Crippen LogP) is 4.69. The molecule has 34 heavy (non-hydrogen) atoms. The Labute approximate surface area is 205 Å². The first-order valence-corrected chi connectivity index (χ1v) is 11.8. The Kier molecular flexibility index (Phi) is 6.58. The van der Waals surface area contributed by atoms with E-state index in [-0.39, 0.29) is 0 Å². The van der Waals surface area contributed by atoms with Crippen molar-refractivity contribution in [1.29, 1.82) is 0 Å². The van der Waals surface area contributed by atoms with Crippen LogP contribution in [0.25, 0.3) is 22.5 Å². The highest BCUT2D eigenvalue weighted by atomic mass is 35.5. The van der Waals surface area contributed by atoms with Gasteiger partial charge < -0.3 is 10.2 Å². The van der Waals surface area contributed by atoms with Crippen LogP contribution in [0, 0.1) is 0 Å². The minimum atomic E-state index is 0.556. The molecule has 0 amide bonds. The maximum atomic E-state index is 6.07. The van der Waals surface area contributed by atoms with Crippen molar-refractivity contribution in [2.45, 2.75) is 6.54 Å². The third-order valence-corrected chi connectivity index (χ3v) is 6.32. The van der Waals surface area contributed by atoms with Crippen LogP contribution in [-0.2, 0) is 13.6 Å². The van der Waals surface area contributed by atoms with Gasteiger partial charge in [0.25, 0.3) is 0 Å². The first kappa shape index (κ1) is 22.5. The van der Waals surface area contributed by atoms with Crippen molar-refractivity contribution in [2.24, 2.45) is 7.05 Å². The monoisotopic (exact) mass is 473 g/mol. The zero-order chi connectivity index (χ0) is 23.5. The van der Waals surface area contributed by atoms with Gasteiger partial charge in [-0.15, -0.1) is 0 Å². The molecule has 0 radical (unpaired) electrons. The van der Waals surface area contributed by atoms with Gasteiger partial charge in [0.1, 0.15) is 5.69 Å². The van der Waals surface area contributed by atoms with Gasteiger partial charge in [-0.2, -0.15) is 5.10 Å². The molecule has 4 aromatic rings. The summed E-state index contributed by atoms with van der Waals surface area (Å²) < 4.78 is 1.80. The number of piperazine rings is 1. The largest absolute Gasteiger partial charge is 0.324 e. The highest BCUT2D eigenvalue weighted by Crippen LogP contribution is 2.31. The second kappa shape index (κ2) is 9.93. The summed E-state index contributed by atoms with van der Waals surface area (Å²) in [5.74, 6) is 0.556. The minimum Gasteiger partial charge on any atom is -0.324 e. The number of aromatic nitrogens is 4. The summed E-state index contributed by atoms with van der Waals surface area (Å²) in [5, 5.41) is 8.73. The number of aryl methyl sites for hydroxylation is 1. The van der Waals surface area contributed by atoms with Crippen LogP contribution in [0.4, 0.5) is 11.6 Å². The molecule has 174 valence electrons. The van der Waals surface area contributed by atoms with Crippen molar-refractivity contribution in [3.8, 4) is 22.5 Å². The lowest BCUT2D eigenvalue weighted by molar-refractivity contribution is 0.148. The van der Waals surface area contributed by atoms with Crippen LogP contribution in [0.2, 0.25) is 5.02 Å². The van der Waals surface area contributed by atoms with Gasteiger partial charge in [-0.05, 0) is 42.9 Å². The first-order valence-electron chi connectivity index (χ1n) is 11.4. The Hall–Kier alpha value is -3.26. The van der Waals surface area contributed by atoms with Gasteiger partial charge in [-0.25, -0.2) is 9.97 Å². The second-order valence-corrected chi connectivity index (χ2v) is 9.18. The number of likely N-dealkylation sites (N-methyl/N-ethyl adjacent to an activating group) is 1. The molecule has 8 heteroatoms. The smallest absolute Gasteiger partial charge is 0.227 e. The quantitative estimate of drug-likeness (QED) is 0.438. The van der Waals surface area contributed by atoms with Crippen LogP contribution >= 0.6 is 11.6 Å².